The molecule has 136 valence electrons. The number of amides is 2. The van der Waals surface area contributed by atoms with Crippen molar-refractivity contribution in [2.24, 2.45) is 0 Å². The number of hydrogen-bond acceptors (Lipinski definition) is 3. The van der Waals surface area contributed by atoms with Crippen LogP contribution in [0.3, 0.4) is 0 Å². The fourth-order valence-corrected chi connectivity index (χ4v) is 3.15. The second kappa shape index (κ2) is 7.74. The molecule has 26 heavy (non-hydrogen) atoms. The lowest BCUT2D eigenvalue weighted by Crippen LogP contribution is -2.42. The van der Waals surface area contributed by atoms with Gasteiger partial charge in [0.05, 0.1) is 13.5 Å². The number of anilines is 1. The van der Waals surface area contributed by atoms with Crippen LogP contribution in [0.15, 0.2) is 42.5 Å². The summed E-state index contributed by atoms with van der Waals surface area (Å²) >= 11 is 6.15. The monoisotopic (exact) mass is 376 g/mol. The maximum Gasteiger partial charge on any atom is 0.249 e. The van der Waals surface area contributed by atoms with E-state index in [-0.39, 0.29) is 24.1 Å². The number of carbonyl (C=O) groups excluding carboxylic acids is 2. The van der Waals surface area contributed by atoms with E-state index in [1.54, 1.807) is 35.2 Å². The Bertz CT molecular complexity index is 826. The first-order valence-electron chi connectivity index (χ1n) is 8.16. The SMILES string of the molecule is COc1ccc(CC(=O)NC2CCN(c3ccc(F)cc3)C2=O)c(Cl)c1. The summed E-state index contributed by atoms with van der Waals surface area (Å²) in [4.78, 5) is 26.3. The first-order valence-corrected chi connectivity index (χ1v) is 8.54. The lowest BCUT2D eigenvalue weighted by atomic mass is 10.1. The normalized spacial score (nSPS) is 16.7. The van der Waals surface area contributed by atoms with Crippen LogP contribution in [-0.4, -0.2) is 31.5 Å². The predicted molar refractivity (Wildman–Crippen MR) is 97.0 cm³/mol. The van der Waals surface area contributed by atoms with E-state index in [9.17, 15) is 14.0 Å². The van der Waals surface area contributed by atoms with Crippen LogP contribution in [0.1, 0.15) is 12.0 Å². The molecule has 1 saturated heterocycles. The molecule has 0 spiro atoms. The lowest BCUT2D eigenvalue weighted by molar-refractivity contribution is -0.126. The van der Waals surface area contributed by atoms with Gasteiger partial charge in [-0.25, -0.2) is 4.39 Å². The zero-order valence-electron chi connectivity index (χ0n) is 14.2. The van der Waals surface area contributed by atoms with Crippen LogP contribution in [0.5, 0.6) is 5.75 Å². The molecule has 2 amide bonds. The molecule has 2 aromatic carbocycles. The van der Waals surface area contributed by atoms with E-state index >= 15 is 0 Å². The Hall–Kier alpha value is -2.60. The number of benzene rings is 2. The predicted octanol–water partition coefficient (Wildman–Crippen LogP) is 2.95. The van der Waals surface area contributed by atoms with E-state index in [1.165, 1.54) is 19.2 Å². The van der Waals surface area contributed by atoms with Crippen LogP contribution in [0.2, 0.25) is 5.02 Å². The van der Waals surface area contributed by atoms with Crippen molar-refractivity contribution >= 4 is 29.1 Å². The van der Waals surface area contributed by atoms with Gasteiger partial charge in [-0.05, 0) is 48.4 Å². The number of halogens is 2. The van der Waals surface area contributed by atoms with E-state index in [4.69, 9.17) is 16.3 Å². The molecule has 1 fully saturated rings. The highest BCUT2D eigenvalue weighted by Gasteiger charge is 2.33. The average molecular weight is 377 g/mol. The molecule has 1 atom stereocenters. The Labute approximate surface area is 155 Å². The second-order valence-electron chi connectivity index (χ2n) is 6.01. The van der Waals surface area contributed by atoms with Gasteiger partial charge in [-0.2, -0.15) is 0 Å². The third kappa shape index (κ3) is 3.96. The molecular formula is C19H18ClFN2O3. The molecule has 1 unspecified atom stereocenters. The summed E-state index contributed by atoms with van der Waals surface area (Å²) < 4.78 is 18.1. The number of nitrogens with one attached hydrogen (secondary N) is 1. The fourth-order valence-electron chi connectivity index (χ4n) is 2.91. The minimum atomic E-state index is -0.593. The largest absolute Gasteiger partial charge is 0.497 e. The highest BCUT2D eigenvalue weighted by Crippen LogP contribution is 2.24. The number of rotatable bonds is 5. The molecule has 0 aliphatic carbocycles. The smallest absolute Gasteiger partial charge is 0.249 e. The van der Waals surface area contributed by atoms with Gasteiger partial charge in [0.1, 0.15) is 17.6 Å². The first-order chi connectivity index (χ1) is 12.5. The maximum atomic E-state index is 13.0. The molecule has 0 bridgehead atoms. The van der Waals surface area contributed by atoms with Crippen molar-refractivity contribution in [1.82, 2.24) is 5.32 Å². The third-order valence-corrected chi connectivity index (χ3v) is 4.64. The Kier molecular flexibility index (Phi) is 5.42. The van der Waals surface area contributed by atoms with Gasteiger partial charge in [-0.1, -0.05) is 17.7 Å². The van der Waals surface area contributed by atoms with Crippen molar-refractivity contribution in [3.8, 4) is 5.75 Å². The van der Waals surface area contributed by atoms with Gasteiger partial charge in [-0.3, -0.25) is 9.59 Å². The summed E-state index contributed by atoms with van der Waals surface area (Å²) in [5.74, 6) is -0.233. The number of nitrogens with zero attached hydrogens (tertiary/aromatic N) is 1. The van der Waals surface area contributed by atoms with Crippen molar-refractivity contribution in [1.29, 1.82) is 0 Å². The van der Waals surface area contributed by atoms with Crippen LogP contribution in [0.4, 0.5) is 10.1 Å². The second-order valence-corrected chi connectivity index (χ2v) is 6.42. The van der Waals surface area contributed by atoms with Gasteiger partial charge in [0.15, 0.2) is 0 Å². The standard InChI is InChI=1S/C19H18ClFN2O3/c1-26-15-7-2-12(16(20)11-15)10-18(24)22-17-8-9-23(19(17)25)14-5-3-13(21)4-6-14/h2-7,11,17H,8-10H2,1H3,(H,22,24). The lowest BCUT2D eigenvalue weighted by Gasteiger charge is -2.17. The summed E-state index contributed by atoms with van der Waals surface area (Å²) in [7, 11) is 1.54. The average Bonchev–Trinajstić information content (AvgIpc) is 2.98. The summed E-state index contributed by atoms with van der Waals surface area (Å²) in [5.41, 5.74) is 1.28. The van der Waals surface area contributed by atoms with Gasteiger partial charge in [0.25, 0.3) is 0 Å². The summed E-state index contributed by atoms with van der Waals surface area (Å²) in [6, 6.07) is 10.2. The molecule has 0 radical (unpaired) electrons. The molecule has 1 heterocycles. The van der Waals surface area contributed by atoms with Gasteiger partial charge < -0.3 is 15.0 Å². The Morgan fingerprint density at radius 2 is 2.04 bits per heavy atom. The third-order valence-electron chi connectivity index (χ3n) is 4.29. The minimum Gasteiger partial charge on any atom is -0.497 e. The highest BCUT2D eigenvalue weighted by molar-refractivity contribution is 6.31. The maximum absolute atomic E-state index is 13.0. The van der Waals surface area contributed by atoms with Crippen molar-refractivity contribution in [2.75, 3.05) is 18.6 Å². The van der Waals surface area contributed by atoms with Crippen LogP contribution >= 0.6 is 11.6 Å². The fraction of sp³-hybridized carbons (Fsp3) is 0.263. The van der Waals surface area contributed by atoms with Crippen molar-refractivity contribution in [2.45, 2.75) is 18.9 Å². The molecular weight excluding hydrogens is 359 g/mol. The molecule has 7 heteroatoms. The number of methoxy groups -OCH3 is 1. The molecule has 1 aliphatic rings. The molecule has 1 N–H and O–H groups in total. The Balaban J connectivity index is 1.61. The van der Waals surface area contributed by atoms with Gasteiger partial charge >= 0.3 is 0 Å². The topological polar surface area (TPSA) is 58.6 Å². The number of hydrogen-bond donors (Lipinski definition) is 1. The van der Waals surface area contributed by atoms with E-state index in [0.29, 0.717) is 35.0 Å². The molecule has 0 aromatic heterocycles. The van der Waals surface area contributed by atoms with Crippen molar-refractivity contribution < 1.29 is 18.7 Å². The zero-order chi connectivity index (χ0) is 18.7. The Morgan fingerprint density at radius 1 is 1.31 bits per heavy atom. The van der Waals surface area contributed by atoms with Crippen molar-refractivity contribution in [3.63, 3.8) is 0 Å². The Morgan fingerprint density at radius 3 is 2.69 bits per heavy atom. The van der Waals surface area contributed by atoms with Crippen LogP contribution in [0.25, 0.3) is 0 Å². The highest BCUT2D eigenvalue weighted by atomic mass is 35.5. The summed E-state index contributed by atoms with van der Waals surface area (Å²) in [6.07, 6.45) is 0.571. The summed E-state index contributed by atoms with van der Waals surface area (Å²) in [6.45, 7) is 0.471. The van der Waals surface area contributed by atoms with E-state index in [1.807, 2.05) is 0 Å². The zero-order valence-corrected chi connectivity index (χ0v) is 14.9. The van der Waals surface area contributed by atoms with E-state index in [2.05, 4.69) is 5.32 Å². The molecule has 2 aromatic rings. The minimum absolute atomic E-state index is 0.0726. The van der Waals surface area contributed by atoms with E-state index in [0.717, 1.165) is 0 Å². The number of ether oxygens (including phenoxy) is 1. The van der Waals surface area contributed by atoms with Crippen molar-refractivity contribution in [3.05, 3.63) is 58.9 Å². The van der Waals surface area contributed by atoms with Gasteiger partial charge in [0, 0.05) is 17.3 Å². The van der Waals surface area contributed by atoms with Gasteiger partial charge in [0.2, 0.25) is 11.8 Å². The summed E-state index contributed by atoms with van der Waals surface area (Å²) in [5, 5.41) is 3.19. The number of carbonyl (C=O) groups is 2. The van der Waals surface area contributed by atoms with E-state index < -0.39 is 6.04 Å². The molecule has 1 aliphatic heterocycles. The molecule has 3 rings (SSSR count). The molecule has 0 saturated carbocycles. The van der Waals surface area contributed by atoms with Gasteiger partial charge in [-0.15, -0.1) is 0 Å². The van der Waals surface area contributed by atoms with Crippen LogP contribution in [0, 0.1) is 5.82 Å². The quantitative estimate of drug-likeness (QED) is 0.872. The van der Waals surface area contributed by atoms with Crippen LogP contribution in [-0.2, 0) is 16.0 Å². The molecule has 5 nitrogen and oxygen atoms in total. The first kappa shape index (κ1) is 18.2. The van der Waals surface area contributed by atoms with Crippen LogP contribution < -0.4 is 15.0 Å².